The van der Waals surface area contributed by atoms with Gasteiger partial charge in [0.2, 0.25) is 11.8 Å². The van der Waals surface area contributed by atoms with E-state index in [0.717, 1.165) is 0 Å². The molecule has 0 aromatic heterocycles. The van der Waals surface area contributed by atoms with Gasteiger partial charge in [-0.2, -0.15) is 0 Å². The number of nitrogens with zero attached hydrogens (tertiary/aromatic N) is 2. The SMILES string of the molecule is CCN1C(=O)C2CC3C[N+]([O-])(CC)C(=O)C3CC2C1=O. The number of quaternary nitrogens is 1. The Morgan fingerprint density at radius 3 is 2.25 bits per heavy atom. The molecule has 5 atom stereocenters. The average molecular weight is 280 g/mol. The molecule has 0 bridgehead atoms. The van der Waals surface area contributed by atoms with E-state index < -0.39 is 4.65 Å². The molecule has 6 heteroatoms. The first-order valence-corrected chi connectivity index (χ1v) is 7.40. The van der Waals surface area contributed by atoms with Crippen molar-refractivity contribution < 1.29 is 19.0 Å². The maximum atomic E-state index is 12.4. The van der Waals surface area contributed by atoms with Crippen molar-refractivity contribution >= 4 is 17.7 Å². The lowest BCUT2D eigenvalue weighted by Crippen LogP contribution is -2.44. The molecule has 3 aliphatic rings. The van der Waals surface area contributed by atoms with Gasteiger partial charge < -0.3 is 5.21 Å². The maximum absolute atomic E-state index is 12.4. The quantitative estimate of drug-likeness (QED) is 0.419. The highest BCUT2D eigenvalue weighted by Gasteiger charge is 2.59. The lowest BCUT2D eigenvalue weighted by Gasteiger charge is -2.34. The van der Waals surface area contributed by atoms with Crippen molar-refractivity contribution in [3.05, 3.63) is 5.21 Å². The number of carbonyl (C=O) groups is 3. The van der Waals surface area contributed by atoms with Crippen LogP contribution in [-0.2, 0) is 14.4 Å². The van der Waals surface area contributed by atoms with Crippen LogP contribution in [-0.4, -0.2) is 46.9 Å². The summed E-state index contributed by atoms with van der Waals surface area (Å²) < 4.78 is -0.783. The number of hydroxylamine groups is 3. The molecule has 1 aliphatic carbocycles. The zero-order chi connectivity index (χ0) is 14.7. The van der Waals surface area contributed by atoms with Gasteiger partial charge in [0, 0.05) is 12.5 Å². The van der Waals surface area contributed by atoms with Gasteiger partial charge in [0.05, 0.1) is 30.8 Å². The molecule has 110 valence electrons. The van der Waals surface area contributed by atoms with Crippen molar-refractivity contribution in [2.24, 2.45) is 23.7 Å². The molecule has 2 saturated heterocycles. The van der Waals surface area contributed by atoms with E-state index in [0.29, 0.717) is 19.4 Å². The molecule has 3 fully saturated rings. The number of rotatable bonds is 2. The number of likely N-dealkylation sites (tertiary alicyclic amines) is 2. The molecule has 0 N–H and O–H groups in total. The smallest absolute Gasteiger partial charge is 0.317 e. The predicted molar refractivity (Wildman–Crippen MR) is 69.6 cm³/mol. The third kappa shape index (κ3) is 1.61. The van der Waals surface area contributed by atoms with Crippen LogP contribution in [0.15, 0.2) is 0 Å². The lowest BCUT2D eigenvalue weighted by molar-refractivity contribution is -0.796. The molecule has 0 aromatic rings. The van der Waals surface area contributed by atoms with Crippen LogP contribution in [0, 0.1) is 28.9 Å². The summed E-state index contributed by atoms with van der Waals surface area (Å²) >= 11 is 0. The molecule has 0 radical (unpaired) electrons. The number of hydrogen-bond donors (Lipinski definition) is 0. The van der Waals surface area contributed by atoms with Crippen LogP contribution in [0.1, 0.15) is 26.7 Å². The monoisotopic (exact) mass is 280 g/mol. The zero-order valence-electron chi connectivity index (χ0n) is 11.9. The van der Waals surface area contributed by atoms with E-state index in [9.17, 15) is 19.6 Å². The van der Waals surface area contributed by atoms with Crippen LogP contribution in [0.5, 0.6) is 0 Å². The first kappa shape index (κ1) is 13.7. The Kier molecular flexibility index (Phi) is 2.99. The molecule has 6 nitrogen and oxygen atoms in total. The van der Waals surface area contributed by atoms with Gasteiger partial charge in [-0.3, -0.25) is 19.1 Å². The summed E-state index contributed by atoms with van der Waals surface area (Å²) in [4.78, 5) is 38.0. The van der Waals surface area contributed by atoms with Crippen LogP contribution >= 0.6 is 0 Å². The van der Waals surface area contributed by atoms with Crippen molar-refractivity contribution in [3.8, 4) is 0 Å². The summed E-state index contributed by atoms with van der Waals surface area (Å²) in [6, 6.07) is 0. The number of fused-ring (bicyclic) bond motifs is 2. The van der Waals surface area contributed by atoms with E-state index in [2.05, 4.69) is 0 Å². The van der Waals surface area contributed by atoms with Gasteiger partial charge in [-0.25, -0.2) is 4.79 Å². The second-order valence-electron chi connectivity index (χ2n) is 6.20. The average Bonchev–Trinajstić information content (AvgIpc) is 2.82. The Labute approximate surface area is 117 Å². The summed E-state index contributed by atoms with van der Waals surface area (Å²) in [6.07, 6.45) is 0.905. The van der Waals surface area contributed by atoms with Crippen LogP contribution in [0.2, 0.25) is 0 Å². The molecular formula is C14H20N2O4. The lowest BCUT2D eigenvalue weighted by atomic mass is 9.70. The third-order valence-electron chi connectivity index (χ3n) is 5.36. The van der Waals surface area contributed by atoms with Gasteiger partial charge in [-0.05, 0) is 26.7 Å². The second-order valence-corrected chi connectivity index (χ2v) is 6.20. The van der Waals surface area contributed by atoms with E-state index in [1.807, 2.05) is 0 Å². The fraction of sp³-hybridized carbons (Fsp3) is 0.786. The van der Waals surface area contributed by atoms with E-state index in [4.69, 9.17) is 0 Å². The van der Waals surface area contributed by atoms with E-state index in [-0.39, 0.29) is 54.5 Å². The molecule has 5 unspecified atom stereocenters. The Hall–Kier alpha value is -1.27. The van der Waals surface area contributed by atoms with E-state index in [1.165, 1.54) is 4.90 Å². The first-order chi connectivity index (χ1) is 9.42. The third-order valence-corrected chi connectivity index (χ3v) is 5.36. The Balaban J connectivity index is 1.87. The van der Waals surface area contributed by atoms with Gasteiger partial charge >= 0.3 is 5.91 Å². The first-order valence-electron chi connectivity index (χ1n) is 7.40. The molecule has 1 saturated carbocycles. The molecule has 0 spiro atoms. The van der Waals surface area contributed by atoms with Gasteiger partial charge in [0.25, 0.3) is 0 Å². The van der Waals surface area contributed by atoms with Crippen LogP contribution < -0.4 is 0 Å². The topological polar surface area (TPSA) is 77.5 Å². The highest BCUT2D eigenvalue weighted by Crippen LogP contribution is 2.48. The number of imide groups is 1. The Morgan fingerprint density at radius 2 is 1.70 bits per heavy atom. The van der Waals surface area contributed by atoms with E-state index in [1.54, 1.807) is 13.8 Å². The normalized spacial score (nSPS) is 44.0. The van der Waals surface area contributed by atoms with Gasteiger partial charge in [-0.1, -0.05) is 0 Å². The molecule has 20 heavy (non-hydrogen) atoms. The summed E-state index contributed by atoms with van der Waals surface area (Å²) in [6.45, 7) is 4.42. The van der Waals surface area contributed by atoms with Crippen molar-refractivity contribution in [1.29, 1.82) is 0 Å². The predicted octanol–water partition coefficient (Wildman–Crippen LogP) is 0.508. The van der Waals surface area contributed by atoms with Crippen LogP contribution in [0.3, 0.4) is 0 Å². The molecule has 3 amide bonds. The molecule has 3 rings (SSSR count). The number of hydrogen-bond acceptors (Lipinski definition) is 4. The Bertz CT molecular complexity index is 492. The minimum absolute atomic E-state index is 0.0326. The molecule has 2 heterocycles. The highest BCUT2D eigenvalue weighted by molar-refractivity contribution is 6.05. The van der Waals surface area contributed by atoms with Gasteiger partial charge in [-0.15, -0.1) is 0 Å². The fourth-order valence-corrected chi connectivity index (χ4v) is 4.21. The fourth-order valence-electron chi connectivity index (χ4n) is 4.21. The van der Waals surface area contributed by atoms with Gasteiger partial charge in [0.1, 0.15) is 0 Å². The largest absolute Gasteiger partial charge is 0.625 e. The minimum Gasteiger partial charge on any atom is -0.625 e. The number of amides is 3. The zero-order valence-corrected chi connectivity index (χ0v) is 11.9. The summed E-state index contributed by atoms with van der Waals surface area (Å²) in [5.41, 5.74) is 0. The standard InChI is InChI=1S/C14H20N2O4/c1-3-15-12(17)10-5-8-7-16(20,4-2)14(19)9(8)6-11(10)13(15)18/h8-11H,3-7H2,1-2H3. The van der Waals surface area contributed by atoms with Crippen LogP contribution in [0.25, 0.3) is 0 Å². The van der Waals surface area contributed by atoms with Crippen molar-refractivity contribution in [2.75, 3.05) is 19.6 Å². The van der Waals surface area contributed by atoms with Crippen molar-refractivity contribution in [3.63, 3.8) is 0 Å². The molecule has 0 aromatic carbocycles. The summed E-state index contributed by atoms with van der Waals surface area (Å²) in [7, 11) is 0. The van der Waals surface area contributed by atoms with E-state index >= 15 is 0 Å². The van der Waals surface area contributed by atoms with Crippen molar-refractivity contribution in [2.45, 2.75) is 26.7 Å². The van der Waals surface area contributed by atoms with Crippen molar-refractivity contribution in [1.82, 2.24) is 4.90 Å². The van der Waals surface area contributed by atoms with Gasteiger partial charge in [0.15, 0.2) is 0 Å². The number of carbonyl (C=O) groups excluding carboxylic acids is 3. The summed E-state index contributed by atoms with van der Waals surface area (Å²) in [5, 5.41) is 12.4. The maximum Gasteiger partial charge on any atom is 0.317 e. The molecule has 2 aliphatic heterocycles. The minimum atomic E-state index is -0.783. The highest BCUT2D eigenvalue weighted by atomic mass is 16.6. The summed E-state index contributed by atoms with van der Waals surface area (Å²) in [5.74, 6) is -1.60. The Morgan fingerprint density at radius 1 is 1.10 bits per heavy atom. The van der Waals surface area contributed by atoms with Crippen LogP contribution in [0.4, 0.5) is 0 Å². The molecular weight excluding hydrogens is 260 g/mol. The second kappa shape index (κ2) is 4.36.